The molecule has 1 aromatic heterocycles. The van der Waals surface area contributed by atoms with Gasteiger partial charge in [0.2, 0.25) is 5.13 Å². The summed E-state index contributed by atoms with van der Waals surface area (Å²) in [6, 6.07) is 1.63. The lowest BCUT2D eigenvalue weighted by atomic mass is 9.99. The van der Waals surface area contributed by atoms with Crippen molar-refractivity contribution in [2.24, 2.45) is 5.73 Å². The Morgan fingerprint density at radius 1 is 1.35 bits per heavy atom. The summed E-state index contributed by atoms with van der Waals surface area (Å²) in [4.78, 5) is 7.18. The van der Waals surface area contributed by atoms with Crippen molar-refractivity contribution >= 4 is 16.7 Å². The predicted molar refractivity (Wildman–Crippen MR) is 70.4 cm³/mol. The molecule has 2 N–H and O–H groups in total. The van der Waals surface area contributed by atoms with Crippen molar-refractivity contribution in [3.05, 3.63) is 5.82 Å². The van der Waals surface area contributed by atoms with Crippen LogP contribution < -0.4 is 10.6 Å². The first kappa shape index (κ1) is 11.4. The van der Waals surface area contributed by atoms with E-state index in [0.29, 0.717) is 18.1 Å². The van der Waals surface area contributed by atoms with Crippen LogP contribution in [0.15, 0.2) is 0 Å². The smallest absolute Gasteiger partial charge is 0.205 e. The number of anilines is 1. The van der Waals surface area contributed by atoms with Gasteiger partial charge in [-0.15, -0.1) is 0 Å². The first-order valence-electron chi connectivity index (χ1n) is 6.64. The first-order chi connectivity index (χ1) is 8.28. The molecule has 2 fully saturated rings. The molecule has 0 aliphatic carbocycles. The lowest BCUT2D eigenvalue weighted by Crippen LogP contribution is -2.47. The van der Waals surface area contributed by atoms with Crippen LogP contribution >= 0.6 is 11.5 Å². The van der Waals surface area contributed by atoms with Gasteiger partial charge in [0.05, 0.1) is 0 Å². The maximum Gasteiger partial charge on any atom is 0.205 e. The van der Waals surface area contributed by atoms with E-state index < -0.39 is 0 Å². The highest BCUT2D eigenvalue weighted by atomic mass is 32.1. The van der Waals surface area contributed by atoms with Crippen LogP contribution in [-0.2, 0) is 6.42 Å². The van der Waals surface area contributed by atoms with E-state index in [1.807, 2.05) is 0 Å². The predicted octanol–water partition coefficient (Wildman–Crippen LogP) is 1.95. The van der Waals surface area contributed by atoms with Crippen LogP contribution in [0.3, 0.4) is 0 Å². The molecule has 2 unspecified atom stereocenters. The second-order valence-electron chi connectivity index (χ2n) is 5.27. The van der Waals surface area contributed by atoms with Crippen LogP contribution in [0, 0.1) is 0 Å². The molecule has 0 saturated carbocycles. The van der Waals surface area contributed by atoms with Crippen molar-refractivity contribution in [1.29, 1.82) is 0 Å². The van der Waals surface area contributed by atoms with Crippen molar-refractivity contribution < 1.29 is 0 Å². The zero-order valence-corrected chi connectivity index (χ0v) is 11.1. The molecule has 0 radical (unpaired) electrons. The monoisotopic (exact) mass is 252 g/mol. The summed E-state index contributed by atoms with van der Waals surface area (Å²) in [5.74, 6) is 1.02. The minimum atomic E-state index is 0.395. The Balaban J connectivity index is 1.79. The summed E-state index contributed by atoms with van der Waals surface area (Å²) >= 11 is 1.57. The molecule has 17 heavy (non-hydrogen) atoms. The van der Waals surface area contributed by atoms with Gasteiger partial charge in [-0.2, -0.15) is 4.37 Å². The molecular weight excluding hydrogens is 232 g/mol. The number of fused-ring (bicyclic) bond motifs is 2. The van der Waals surface area contributed by atoms with Crippen LogP contribution in [0.5, 0.6) is 0 Å². The van der Waals surface area contributed by atoms with Gasteiger partial charge in [-0.25, -0.2) is 4.98 Å². The van der Waals surface area contributed by atoms with Crippen LogP contribution in [0.4, 0.5) is 5.13 Å². The maximum absolute atomic E-state index is 6.09. The van der Waals surface area contributed by atoms with Gasteiger partial charge in [-0.1, -0.05) is 6.92 Å². The van der Waals surface area contributed by atoms with Crippen molar-refractivity contribution in [3.8, 4) is 0 Å². The molecule has 2 bridgehead atoms. The summed E-state index contributed by atoms with van der Waals surface area (Å²) in [5, 5.41) is 1.13. The molecule has 1 aromatic rings. The fourth-order valence-electron chi connectivity index (χ4n) is 3.21. The lowest BCUT2D eigenvalue weighted by Gasteiger charge is -2.37. The molecule has 94 valence electrons. The third kappa shape index (κ3) is 2.06. The summed E-state index contributed by atoms with van der Waals surface area (Å²) in [6.07, 6.45) is 6.92. The normalized spacial score (nSPS) is 32.1. The Kier molecular flexibility index (Phi) is 3.04. The Morgan fingerprint density at radius 3 is 2.71 bits per heavy atom. The number of piperidine rings is 1. The third-order valence-electron chi connectivity index (χ3n) is 3.92. The zero-order chi connectivity index (χ0) is 11.8. The van der Waals surface area contributed by atoms with Crippen molar-refractivity contribution in [3.63, 3.8) is 0 Å². The topological polar surface area (TPSA) is 55.0 Å². The first-order valence-corrected chi connectivity index (χ1v) is 7.41. The largest absolute Gasteiger partial charge is 0.341 e. The average Bonchev–Trinajstić information content (AvgIpc) is 2.83. The van der Waals surface area contributed by atoms with Gasteiger partial charge < -0.3 is 10.6 Å². The second-order valence-corrected chi connectivity index (χ2v) is 6.00. The highest BCUT2D eigenvalue weighted by Gasteiger charge is 2.41. The molecule has 2 aliphatic heterocycles. The molecule has 3 heterocycles. The van der Waals surface area contributed by atoms with Gasteiger partial charge in [0.25, 0.3) is 0 Å². The van der Waals surface area contributed by atoms with Gasteiger partial charge in [0.15, 0.2) is 0 Å². The van der Waals surface area contributed by atoms with Crippen molar-refractivity contribution in [1.82, 2.24) is 9.36 Å². The molecule has 2 atom stereocenters. The highest BCUT2D eigenvalue weighted by Crippen LogP contribution is 2.39. The van der Waals surface area contributed by atoms with E-state index in [1.165, 1.54) is 12.8 Å². The van der Waals surface area contributed by atoms with Gasteiger partial charge in [0.1, 0.15) is 5.82 Å². The summed E-state index contributed by atoms with van der Waals surface area (Å²) in [6.45, 7) is 2.17. The fraction of sp³-hybridized carbons (Fsp3) is 0.833. The van der Waals surface area contributed by atoms with E-state index in [0.717, 1.165) is 36.6 Å². The van der Waals surface area contributed by atoms with Gasteiger partial charge in [0, 0.05) is 36.1 Å². The molecule has 4 nitrogen and oxygen atoms in total. The van der Waals surface area contributed by atoms with Gasteiger partial charge in [-0.3, -0.25) is 0 Å². The number of hydrogen-bond acceptors (Lipinski definition) is 5. The van der Waals surface area contributed by atoms with Gasteiger partial charge >= 0.3 is 0 Å². The summed E-state index contributed by atoms with van der Waals surface area (Å²) in [7, 11) is 0. The third-order valence-corrected chi connectivity index (χ3v) is 4.69. The maximum atomic E-state index is 6.09. The number of nitrogens with two attached hydrogens (primary N) is 1. The molecular formula is C12H20N4S. The molecule has 0 spiro atoms. The minimum absolute atomic E-state index is 0.395. The Labute approximate surface area is 106 Å². The number of nitrogens with zero attached hydrogens (tertiary/aromatic N) is 3. The SMILES string of the molecule is CCCc1nsc(N2C3CCC2CC(N)C3)n1. The molecule has 0 aromatic carbocycles. The Morgan fingerprint density at radius 2 is 2.06 bits per heavy atom. The van der Waals surface area contributed by atoms with E-state index in [9.17, 15) is 0 Å². The Hall–Kier alpha value is -0.680. The lowest BCUT2D eigenvalue weighted by molar-refractivity contribution is 0.414. The van der Waals surface area contributed by atoms with E-state index in [2.05, 4.69) is 21.2 Å². The minimum Gasteiger partial charge on any atom is -0.341 e. The van der Waals surface area contributed by atoms with Crippen molar-refractivity contribution in [2.45, 2.75) is 63.6 Å². The molecule has 3 rings (SSSR count). The number of hydrogen-bond donors (Lipinski definition) is 1. The number of rotatable bonds is 3. The Bertz CT molecular complexity index is 378. The molecule has 0 amide bonds. The van der Waals surface area contributed by atoms with Crippen LogP contribution in [0.2, 0.25) is 0 Å². The van der Waals surface area contributed by atoms with Crippen molar-refractivity contribution in [2.75, 3.05) is 4.90 Å². The zero-order valence-electron chi connectivity index (χ0n) is 10.3. The second kappa shape index (κ2) is 4.53. The molecule has 5 heteroatoms. The summed E-state index contributed by atoms with van der Waals surface area (Å²) in [5.41, 5.74) is 6.09. The van der Waals surface area contributed by atoms with Gasteiger partial charge in [-0.05, 0) is 32.1 Å². The van der Waals surface area contributed by atoms with Crippen LogP contribution in [-0.4, -0.2) is 27.5 Å². The van der Waals surface area contributed by atoms with Crippen LogP contribution in [0.25, 0.3) is 0 Å². The number of aryl methyl sites for hydroxylation is 1. The van der Waals surface area contributed by atoms with E-state index in [4.69, 9.17) is 5.73 Å². The fourth-order valence-corrected chi connectivity index (χ4v) is 4.06. The molecule has 2 aliphatic rings. The quantitative estimate of drug-likeness (QED) is 0.893. The average molecular weight is 252 g/mol. The van der Waals surface area contributed by atoms with E-state index in [-0.39, 0.29) is 0 Å². The summed E-state index contributed by atoms with van der Waals surface area (Å²) < 4.78 is 4.45. The van der Waals surface area contributed by atoms with E-state index >= 15 is 0 Å². The molecule has 2 saturated heterocycles. The van der Waals surface area contributed by atoms with E-state index in [1.54, 1.807) is 11.5 Å². The number of aromatic nitrogens is 2. The van der Waals surface area contributed by atoms with Crippen LogP contribution in [0.1, 0.15) is 44.9 Å². The standard InChI is InChI=1S/C12H20N4S/c1-2-3-11-14-12(17-15-11)16-9-4-5-10(16)7-8(13)6-9/h8-10H,2-7,13H2,1H3. The highest BCUT2D eigenvalue weighted by molar-refractivity contribution is 7.09.